The molecule has 3 unspecified atom stereocenters. The Morgan fingerprint density at radius 1 is 1.03 bits per heavy atom. The van der Waals surface area contributed by atoms with Gasteiger partial charge in [-0.15, -0.1) is 0 Å². The van der Waals surface area contributed by atoms with E-state index in [1.54, 1.807) is 0 Å². The fraction of sp³-hybridized carbons (Fsp3) is 0.923. The Balaban J connectivity index is 0.000000833. The Labute approximate surface area is 217 Å². The number of carbonyl (C=O) groups excluding carboxylic acids is 2. The zero-order chi connectivity index (χ0) is 26.4. The number of rotatable bonds is 14. The topological polar surface area (TPSA) is 64.7 Å². The van der Waals surface area contributed by atoms with Crippen molar-refractivity contribution >= 4 is 32.8 Å². The van der Waals surface area contributed by atoms with Gasteiger partial charge in [0.05, 0.1) is 7.85 Å². The standard InChI is InChI=1S/C18H36BN3O.C8H17NOS/c1-6-21-7-9-22(10-8-21)14-15(2)11-17(23)20-13-16(3)12-18(4,5)19;1-7(11)4-8(2,3)5-9-6-10/h15-16H,6-14H2,1-5H3,(H,20,23);6-7,11H,4-5H2,1-3H3,(H,9,10). The van der Waals surface area contributed by atoms with Gasteiger partial charge >= 0.3 is 0 Å². The summed E-state index contributed by atoms with van der Waals surface area (Å²) in [6.07, 6.45) is 3.29. The Bertz CT molecular complexity index is 561. The minimum atomic E-state index is -0.169. The maximum absolute atomic E-state index is 12.1. The SMILES string of the molecule is CC(S)CC(C)(C)CNC=O.[B]C(C)(C)CC(C)CNC(=O)CC(C)CN1CCN(CC)CC1. The molecule has 0 saturated carbocycles. The lowest BCUT2D eigenvalue weighted by Gasteiger charge is -2.35. The second kappa shape index (κ2) is 16.9. The molecule has 0 aromatic carbocycles. The lowest BCUT2D eigenvalue weighted by atomic mass is 9.67. The zero-order valence-electron chi connectivity index (χ0n) is 23.3. The Morgan fingerprint density at radius 2 is 1.59 bits per heavy atom. The molecule has 3 atom stereocenters. The maximum atomic E-state index is 12.1. The van der Waals surface area contributed by atoms with Crippen molar-refractivity contribution < 1.29 is 9.59 Å². The fourth-order valence-corrected chi connectivity index (χ4v) is 5.12. The van der Waals surface area contributed by atoms with E-state index in [0.29, 0.717) is 23.5 Å². The second-order valence-corrected chi connectivity index (χ2v) is 12.7. The molecule has 0 bridgehead atoms. The third-order valence-electron chi connectivity index (χ3n) is 6.05. The molecule has 1 rings (SSSR count). The van der Waals surface area contributed by atoms with E-state index < -0.39 is 0 Å². The molecule has 1 fully saturated rings. The predicted octanol–water partition coefficient (Wildman–Crippen LogP) is 3.63. The van der Waals surface area contributed by atoms with Crippen LogP contribution in [-0.2, 0) is 9.59 Å². The van der Waals surface area contributed by atoms with Crippen LogP contribution in [0.3, 0.4) is 0 Å². The number of amides is 2. The summed E-state index contributed by atoms with van der Waals surface area (Å²) in [6, 6.07) is 0. The number of hydrogen-bond acceptors (Lipinski definition) is 5. The molecule has 0 aromatic heterocycles. The van der Waals surface area contributed by atoms with Crippen molar-refractivity contribution in [3.63, 3.8) is 0 Å². The Morgan fingerprint density at radius 3 is 2.06 bits per heavy atom. The molecule has 2 N–H and O–H groups in total. The summed E-state index contributed by atoms with van der Waals surface area (Å²) >= 11 is 4.30. The molecule has 0 spiro atoms. The predicted molar refractivity (Wildman–Crippen MR) is 150 cm³/mol. The van der Waals surface area contributed by atoms with Gasteiger partial charge in [0.25, 0.3) is 0 Å². The average molecular weight is 497 g/mol. The number of thiol groups is 1. The number of carbonyl (C=O) groups is 2. The molecular formula is C26H53BN4O2S. The van der Waals surface area contributed by atoms with Gasteiger partial charge in [0.1, 0.15) is 0 Å². The summed E-state index contributed by atoms with van der Waals surface area (Å²) in [5.41, 5.74) is 0.155. The highest BCUT2D eigenvalue weighted by atomic mass is 32.1. The fourth-order valence-electron chi connectivity index (χ4n) is 4.63. The molecule has 2 amide bonds. The van der Waals surface area contributed by atoms with E-state index in [-0.39, 0.29) is 16.6 Å². The van der Waals surface area contributed by atoms with E-state index in [0.717, 1.165) is 71.6 Å². The largest absolute Gasteiger partial charge is 0.358 e. The zero-order valence-corrected chi connectivity index (χ0v) is 24.2. The first kappa shape index (κ1) is 33.3. The van der Waals surface area contributed by atoms with Crippen molar-refractivity contribution in [1.82, 2.24) is 20.4 Å². The van der Waals surface area contributed by atoms with E-state index in [4.69, 9.17) is 7.85 Å². The number of nitrogens with zero attached hydrogens (tertiary/aromatic N) is 2. The van der Waals surface area contributed by atoms with Crippen LogP contribution >= 0.6 is 12.6 Å². The number of piperazine rings is 1. The third kappa shape index (κ3) is 18.6. The van der Waals surface area contributed by atoms with Crippen LogP contribution in [0.2, 0.25) is 5.31 Å². The van der Waals surface area contributed by atoms with Gasteiger partial charge in [-0.1, -0.05) is 67.1 Å². The highest BCUT2D eigenvalue weighted by Crippen LogP contribution is 2.28. The molecule has 34 heavy (non-hydrogen) atoms. The summed E-state index contributed by atoms with van der Waals surface area (Å²) < 4.78 is 0. The van der Waals surface area contributed by atoms with Crippen molar-refractivity contribution in [2.75, 3.05) is 52.4 Å². The van der Waals surface area contributed by atoms with Gasteiger partial charge < -0.3 is 20.4 Å². The second-order valence-electron chi connectivity index (χ2n) is 11.9. The minimum absolute atomic E-state index is 0.155. The van der Waals surface area contributed by atoms with E-state index in [1.807, 2.05) is 13.8 Å². The van der Waals surface area contributed by atoms with E-state index >= 15 is 0 Å². The first-order valence-corrected chi connectivity index (χ1v) is 13.5. The molecule has 198 valence electrons. The van der Waals surface area contributed by atoms with Gasteiger partial charge in [-0.25, -0.2) is 0 Å². The molecule has 8 heteroatoms. The minimum Gasteiger partial charge on any atom is -0.358 e. The molecule has 0 aromatic rings. The van der Waals surface area contributed by atoms with Crippen LogP contribution in [0.4, 0.5) is 0 Å². The summed E-state index contributed by atoms with van der Waals surface area (Å²) in [5, 5.41) is 5.97. The van der Waals surface area contributed by atoms with E-state index in [9.17, 15) is 9.59 Å². The quantitative estimate of drug-likeness (QED) is 0.195. The van der Waals surface area contributed by atoms with Gasteiger partial charge in [0.15, 0.2) is 0 Å². The normalized spacial score (nSPS) is 18.3. The monoisotopic (exact) mass is 496 g/mol. The molecule has 1 aliphatic heterocycles. The third-order valence-corrected chi connectivity index (χ3v) is 6.23. The maximum Gasteiger partial charge on any atom is 0.220 e. The summed E-state index contributed by atoms with van der Waals surface area (Å²) in [6.45, 7) is 25.1. The number of nitrogens with one attached hydrogen (secondary N) is 2. The van der Waals surface area contributed by atoms with Gasteiger partial charge in [-0.05, 0) is 35.5 Å². The summed E-state index contributed by atoms with van der Waals surface area (Å²) in [5.74, 6) is 0.993. The highest BCUT2D eigenvalue weighted by molar-refractivity contribution is 7.80. The molecule has 1 heterocycles. The highest BCUT2D eigenvalue weighted by Gasteiger charge is 2.20. The van der Waals surface area contributed by atoms with Crippen molar-refractivity contribution in [2.45, 2.75) is 85.2 Å². The van der Waals surface area contributed by atoms with Crippen molar-refractivity contribution in [3.8, 4) is 0 Å². The van der Waals surface area contributed by atoms with E-state index in [1.165, 1.54) is 0 Å². The van der Waals surface area contributed by atoms with Crippen LogP contribution in [0.5, 0.6) is 0 Å². The average Bonchev–Trinajstić information content (AvgIpc) is 2.69. The van der Waals surface area contributed by atoms with Crippen LogP contribution in [0, 0.1) is 17.3 Å². The smallest absolute Gasteiger partial charge is 0.220 e. The molecule has 6 nitrogen and oxygen atoms in total. The van der Waals surface area contributed by atoms with Crippen LogP contribution in [-0.4, -0.2) is 87.6 Å². The van der Waals surface area contributed by atoms with Crippen LogP contribution in [0.1, 0.15) is 74.7 Å². The van der Waals surface area contributed by atoms with Crippen LogP contribution in [0.25, 0.3) is 0 Å². The summed E-state index contributed by atoms with van der Waals surface area (Å²) in [4.78, 5) is 27.1. The first-order chi connectivity index (χ1) is 15.7. The Kier molecular flexibility index (Phi) is 16.5. The van der Waals surface area contributed by atoms with Crippen LogP contribution in [0.15, 0.2) is 0 Å². The van der Waals surface area contributed by atoms with Crippen LogP contribution < -0.4 is 10.6 Å². The molecule has 2 radical (unpaired) electrons. The van der Waals surface area contributed by atoms with Gasteiger partial charge in [-0.3, -0.25) is 9.59 Å². The molecule has 1 aliphatic rings. The van der Waals surface area contributed by atoms with Crippen molar-refractivity contribution in [1.29, 1.82) is 0 Å². The lowest BCUT2D eigenvalue weighted by Crippen LogP contribution is -2.47. The number of hydrogen-bond donors (Lipinski definition) is 3. The Hall–Kier alpha value is -0.725. The van der Waals surface area contributed by atoms with Crippen molar-refractivity contribution in [3.05, 3.63) is 0 Å². The summed E-state index contributed by atoms with van der Waals surface area (Å²) in [7, 11) is 6.03. The number of likely N-dealkylation sites (N-methyl/N-ethyl adjacent to an activating group) is 1. The molecular weight excluding hydrogens is 443 g/mol. The first-order valence-electron chi connectivity index (χ1n) is 13.0. The molecule has 1 saturated heterocycles. The van der Waals surface area contributed by atoms with Gasteiger partial charge in [-0.2, -0.15) is 12.6 Å². The van der Waals surface area contributed by atoms with Crippen molar-refractivity contribution in [2.24, 2.45) is 17.3 Å². The lowest BCUT2D eigenvalue weighted by molar-refractivity contribution is -0.122. The van der Waals surface area contributed by atoms with Gasteiger partial charge in [0.2, 0.25) is 12.3 Å². The van der Waals surface area contributed by atoms with E-state index in [2.05, 4.69) is 74.6 Å². The molecule has 0 aliphatic carbocycles. The van der Waals surface area contributed by atoms with Gasteiger partial charge in [0, 0.05) is 52.2 Å².